The second-order valence-electron chi connectivity index (χ2n) is 5.94. The number of non-ortho nitro benzene ring substituents is 1. The number of aromatic nitrogens is 2. The van der Waals surface area contributed by atoms with Crippen molar-refractivity contribution in [3.63, 3.8) is 0 Å². The summed E-state index contributed by atoms with van der Waals surface area (Å²) >= 11 is 0. The molecule has 0 spiro atoms. The van der Waals surface area contributed by atoms with Gasteiger partial charge in [-0.15, -0.1) is 0 Å². The van der Waals surface area contributed by atoms with Crippen LogP contribution in [0, 0.1) is 10.1 Å². The number of aryl methyl sites for hydroxylation is 1. The van der Waals surface area contributed by atoms with Gasteiger partial charge >= 0.3 is 0 Å². The van der Waals surface area contributed by atoms with Gasteiger partial charge in [0.25, 0.3) is 11.2 Å². The van der Waals surface area contributed by atoms with Crippen LogP contribution < -0.4 is 5.56 Å². The summed E-state index contributed by atoms with van der Waals surface area (Å²) in [6.07, 6.45) is 2.39. The molecule has 0 atom stereocenters. The molecule has 8 heteroatoms. The Hall–Kier alpha value is -2.74. The molecule has 8 nitrogen and oxygen atoms in total. The van der Waals surface area contributed by atoms with Crippen molar-refractivity contribution < 1.29 is 9.66 Å². The average Bonchev–Trinajstić information content (AvgIpc) is 2.95. The predicted octanol–water partition coefficient (Wildman–Crippen LogP) is 2.87. The Morgan fingerprint density at radius 1 is 1.35 bits per heavy atom. The normalized spacial score (nSPS) is 11.7. The Kier molecular flexibility index (Phi) is 6.85. The molecule has 0 radical (unpaired) electrons. The highest BCUT2D eigenvalue weighted by Gasteiger charge is 2.17. The van der Waals surface area contributed by atoms with E-state index in [4.69, 9.17) is 4.74 Å². The van der Waals surface area contributed by atoms with E-state index < -0.39 is 4.92 Å². The molecule has 0 unspecified atom stereocenters. The van der Waals surface area contributed by atoms with Crippen molar-refractivity contribution in [3.8, 4) is 5.69 Å². The number of hydrogen-bond acceptors (Lipinski definition) is 5. The van der Waals surface area contributed by atoms with Crippen molar-refractivity contribution in [2.45, 2.75) is 33.1 Å². The first-order valence-electron chi connectivity index (χ1n) is 8.58. The summed E-state index contributed by atoms with van der Waals surface area (Å²) in [5.74, 6) is 0. The minimum Gasteiger partial charge on any atom is -0.385 e. The summed E-state index contributed by atoms with van der Waals surface area (Å²) in [7, 11) is 1.64. The number of methoxy groups -OCH3 is 1. The van der Waals surface area contributed by atoms with Gasteiger partial charge in [-0.25, -0.2) is 4.68 Å². The number of aliphatic imine (C=N–C) groups is 1. The Morgan fingerprint density at radius 2 is 2.04 bits per heavy atom. The van der Waals surface area contributed by atoms with Crippen LogP contribution in [0.1, 0.15) is 37.9 Å². The van der Waals surface area contributed by atoms with Crippen LogP contribution in [0.4, 0.5) is 5.69 Å². The molecule has 2 rings (SSSR count). The third-order valence-electron chi connectivity index (χ3n) is 4.00. The number of nitro groups is 1. The molecule has 1 aromatic heterocycles. The Morgan fingerprint density at radius 3 is 2.62 bits per heavy atom. The number of benzene rings is 1. The standard InChI is InChI=1S/C18H24N4O4/c1-4-6-16-17(13(2)19-11-5-12-26-3)18(23)21(20-16)14-7-9-15(10-8-14)22(24)25/h7-10,20H,4-6,11-12H2,1-3H3. The van der Waals surface area contributed by atoms with Crippen LogP contribution in [0.15, 0.2) is 34.1 Å². The fourth-order valence-electron chi connectivity index (χ4n) is 2.73. The van der Waals surface area contributed by atoms with E-state index in [1.807, 2.05) is 13.8 Å². The summed E-state index contributed by atoms with van der Waals surface area (Å²) in [5, 5.41) is 13.9. The number of rotatable bonds is 9. The number of hydrogen-bond donors (Lipinski definition) is 1. The molecular weight excluding hydrogens is 336 g/mol. The van der Waals surface area contributed by atoms with Gasteiger partial charge in [0.2, 0.25) is 0 Å². The van der Waals surface area contributed by atoms with Crippen LogP contribution >= 0.6 is 0 Å². The zero-order valence-electron chi connectivity index (χ0n) is 15.3. The van der Waals surface area contributed by atoms with Gasteiger partial charge in [0, 0.05) is 43.8 Å². The molecule has 0 aliphatic rings. The number of H-pyrrole nitrogens is 1. The van der Waals surface area contributed by atoms with E-state index in [-0.39, 0.29) is 11.2 Å². The predicted molar refractivity (Wildman–Crippen MR) is 101 cm³/mol. The Balaban J connectivity index is 2.40. The molecule has 1 aromatic carbocycles. The largest absolute Gasteiger partial charge is 0.385 e. The number of nitrogens with zero attached hydrogens (tertiary/aromatic N) is 3. The van der Waals surface area contributed by atoms with Crippen LogP contribution in [0.3, 0.4) is 0 Å². The molecule has 0 amide bonds. The monoisotopic (exact) mass is 360 g/mol. The number of nitro benzene ring substituents is 1. The van der Waals surface area contributed by atoms with Crippen LogP contribution in [0.2, 0.25) is 0 Å². The molecule has 26 heavy (non-hydrogen) atoms. The first kappa shape index (κ1) is 19.6. The lowest BCUT2D eigenvalue weighted by molar-refractivity contribution is -0.384. The van der Waals surface area contributed by atoms with Gasteiger partial charge in [0.15, 0.2) is 0 Å². The second kappa shape index (κ2) is 9.10. The number of ether oxygens (including phenoxy) is 1. The quantitative estimate of drug-likeness (QED) is 0.321. The topological polar surface area (TPSA) is 103 Å². The van der Waals surface area contributed by atoms with E-state index in [9.17, 15) is 14.9 Å². The summed E-state index contributed by atoms with van der Waals surface area (Å²) in [6, 6.07) is 5.88. The van der Waals surface area contributed by atoms with Gasteiger partial charge in [-0.05, 0) is 31.9 Å². The number of aromatic amines is 1. The number of nitrogens with one attached hydrogen (secondary N) is 1. The fourth-order valence-corrected chi connectivity index (χ4v) is 2.73. The molecule has 0 aliphatic carbocycles. The van der Waals surface area contributed by atoms with Crippen molar-refractivity contribution >= 4 is 11.4 Å². The highest BCUT2D eigenvalue weighted by Crippen LogP contribution is 2.15. The van der Waals surface area contributed by atoms with Crippen LogP contribution in [0.5, 0.6) is 0 Å². The van der Waals surface area contributed by atoms with Crippen molar-refractivity contribution in [3.05, 3.63) is 56.0 Å². The lowest BCUT2D eigenvalue weighted by atomic mass is 10.1. The summed E-state index contributed by atoms with van der Waals surface area (Å²) < 4.78 is 6.43. The van der Waals surface area contributed by atoms with Gasteiger partial charge < -0.3 is 4.74 Å². The SMILES string of the molecule is CCCc1[nH]n(-c2ccc([N+](=O)[O-])cc2)c(=O)c1C(C)=NCCCOC. The molecule has 140 valence electrons. The molecule has 2 aromatic rings. The smallest absolute Gasteiger partial charge is 0.280 e. The van der Waals surface area contributed by atoms with E-state index in [0.29, 0.717) is 30.1 Å². The third-order valence-corrected chi connectivity index (χ3v) is 4.00. The highest BCUT2D eigenvalue weighted by molar-refractivity contribution is 5.99. The minimum absolute atomic E-state index is 0.0155. The Bertz CT molecular complexity index is 834. The maximum Gasteiger partial charge on any atom is 0.280 e. The van der Waals surface area contributed by atoms with Crippen molar-refractivity contribution in [2.75, 3.05) is 20.3 Å². The highest BCUT2D eigenvalue weighted by atomic mass is 16.6. The Labute approximate surface area is 151 Å². The molecular formula is C18H24N4O4. The molecule has 0 saturated heterocycles. The molecule has 1 N–H and O–H groups in total. The van der Waals surface area contributed by atoms with Crippen molar-refractivity contribution in [1.29, 1.82) is 0 Å². The minimum atomic E-state index is -0.466. The molecule has 0 aliphatic heterocycles. The van der Waals surface area contributed by atoms with E-state index in [1.54, 1.807) is 19.2 Å². The second-order valence-corrected chi connectivity index (χ2v) is 5.94. The third kappa shape index (κ3) is 4.45. The van der Waals surface area contributed by atoms with Gasteiger partial charge in [0.1, 0.15) is 0 Å². The first-order valence-corrected chi connectivity index (χ1v) is 8.58. The van der Waals surface area contributed by atoms with Gasteiger partial charge in [-0.2, -0.15) is 0 Å². The fraction of sp³-hybridized carbons (Fsp3) is 0.444. The lowest BCUT2D eigenvalue weighted by Gasteiger charge is -2.01. The van der Waals surface area contributed by atoms with E-state index >= 15 is 0 Å². The van der Waals surface area contributed by atoms with Crippen LogP contribution in [0.25, 0.3) is 5.69 Å². The summed E-state index contributed by atoms with van der Waals surface area (Å²) in [6.45, 7) is 5.08. The van der Waals surface area contributed by atoms with Crippen molar-refractivity contribution in [2.24, 2.45) is 4.99 Å². The van der Waals surface area contributed by atoms with E-state index in [2.05, 4.69) is 10.1 Å². The van der Waals surface area contributed by atoms with Gasteiger partial charge in [-0.1, -0.05) is 13.3 Å². The van der Waals surface area contributed by atoms with Crippen LogP contribution in [-0.4, -0.2) is 40.7 Å². The van der Waals surface area contributed by atoms with Gasteiger partial charge in [-0.3, -0.25) is 25.0 Å². The molecule has 0 bridgehead atoms. The van der Waals surface area contributed by atoms with Crippen LogP contribution in [-0.2, 0) is 11.2 Å². The maximum absolute atomic E-state index is 12.9. The first-order chi connectivity index (χ1) is 12.5. The van der Waals surface area contributed by atoms with Gasteiger partial charge in [0.05, 0.1) is 16.2 Å². The zero-order valence-corrected chi connectivity index (χ0v) is 15.3. The zero-order chi connectivity index (χ0) is 19.1. The summed E-state index contributed by atoms with van der Waals surface area (Å²) in [5.41, 5.74) is 2.42. The van der Waals surface area contributed by atoms with Crippen molar-refractivity contribution in [1.82, 2.24) is 9.78 Å². The maximum atomic E-state index is 12.9. The molecule has 0 fully saturated rings. The lowest BCUT2D eigenvalue weighted by Crippen LogP contribution is -2.20. The molecule has 0 saturated carbocycles. The average molecular weight is 360 g/mol. The van der Waals surface area contributed by atoms with E-state index in [1.165, 1.54) is 16.8 Å². The van der Waals surface area contributed by atoms with E-state index in [0.717, 1.165) is 25.0 Å². The molecule has 1 heterocycles. The summed E-state index contributed by atoms with van der Waals surface area (Å²) in [4.78, 5) is 27.7.